The van der Waals surface area contributed by atoms with E-state index < -0.39 is 10.8 Å². The fraction of sp³-hybridized carbons (Fsp3) is 0.0667. The summed E-state index contributed by atoms with van der Waals surface area (Å²) in [7, 11) is 0. The summed E-state index contributed by atoms with van der Waals surface area (Å²) >= 11 is 5.71. The second kappa shape index (κ2) is 7.80. The zero-order valence-electron chi connectivity index (χ0n) is 12.2. The van der Waals surface area contributed by atoms with Crippen LogP contribution in [0.1, 0.15) is 5.76 Å². The van der Waals surface area contributed by atoms with E-state index >= 15 is 0 Å². The predicted molar refractivity (Wildman–Crippen MR) is 86.0 cm³/mol. The lowest BCUT2D eigenvalue weighted by molar-refractivity contribution is -0.384. The standard InChI is InChI=1S/C15H11ClN4O4/c16-13-4-3-11(6-14(13)20(22)23)18-8-10(7-17)15(21)19-9-12-2-1-5-24-12/h1-6,8,18H,9H2,(H,19,21)/b10-8-. The van der Waals surface area contributed by atoms with E-state index in [4.69, 9.17) is 21.3 Å². The Morgan fingerprint density at radius 3 is 2.88 bits per heavy atom. The Labute approximate surface area is 141 Å². The molecule has 0 fully saturated rings. The maximum absolute atomic E-state index is 11.9. The molecule has 0 aliphatic rings. The summed E-state index contributed by atoms with van der Waals surface area (Å²) in [5, 5.41) is 25.0. The summed E-state index contributed by atoms with van der Waals surface area (Å²) in [5.74, 6) is -0.0632. The van der Waals surface area contributed by atoms with Crippen molar-refractivity contribution in [3.63, 3.8) is 0 Å². The average Bonchev–Trinajstić information content (AvgIpc) is 3.08. The number of anilines is 1. The average molecular weight is 347 g/mol. The van der Waals surface area contributed by atoms with E-state index in [1.165, 1.54) is 24.5 Å². The first kappa shape index (κ1) is 17.1. The molecule has 0 atom stereocenters. The van der Waals surface area contributed by atoms with Crippen LogP contribution in [0.2, 0.25) is 5.02 Å². The lowest BCUT2D eigenvalue weighted by Gasteiger charge is -2.04. The van der Waals surface area contributed by atoms with Crippen molar-refractivity contribution in [2.24, 2.45) is 0 Å². The van der Waals surface area contributed by atoms with Crippen LogP contribution in [0.15, 0.2) is 52.8 Å². The van der Waals surface area contributed by atoms with Crippen LogP contribution in [-0.4, -0.2) is 10.8 Å². The van der Waals surface area contributed by atoms with E-state index in [-0.39, 0.29) is 22.8 Å². The van der Waals surface area contributed by atoms with Crippen LogP contribution in [0, 0.1) is 21.4 Å². The normalized spacial score (nSPS) is 10.8. The number of furan rings is 1. The van der Waals surface area contributed by atoms with Gasteiger partial charge in [0.2, 0.25) is 0 Å². The van der Waals surface area contributed by atoms with Gasteiger partial charge in [0.05, 0.1) is 17.7 Å². The molecule has 0 aliphatic carbocycles. The minimum atomic E-state index is -0.626. The number of nitriles is 1. The van der Waals surface area contributed by atoms with Crippen molar-refractivity contribution < 1.29 is 14.1 Å². The highest BCUT2D eigenvalue weighted by Crippen LogP contribution is 2.27. The molecule has 0 saturated carbocycles. The lowest BCUT2D eigenvalue weighted by atomic mass is 10.2. The first-order valence-electron chi connectivity index (χ1n) is 6.62. The molecular weight excluding hydrogens is 336 g/mol. The first-order chi connectivity index (χ1) is 11.5. The minimum absolute atomic E-state index is 0.00812. The van der Waals surface area contributed by atoms with Crippen molar-refractivity contribution in [2.45, 2.75) is 6.54 Å². The van der Waals surface area contributed by atoms with Gasteiger partial charge < -0.3 is 15.1 Å². The Kier molecular flexibility index (Phi) is 5.54. The Bertz CT molecular complexity index is 824. The van der Waals surface area contributed by atoms with Crippen molar-refractivity contribution in [2.75, 3.05) is 5.32 Å². The van der Waals surface area contributed by atoms with Gasteiger partial charge in [-0.3, -0.25) is 14.9 Å². The molecule has 0 unspecified atom stereocenters. The number of halogens is 1. The molecule has 8 nitrogen and oxygen atoms in total. The molecule has 1 amide bonds. The number of carbonyl (C=O) groups is 1. The van der Waals surface area contributed by atoms with Crippen LogP contribution in [0.5, 0.6) is 0 Å². The molecule has 0 saturated heterocycles. The van der Waals surface area contributed by atoms with E-state index in [9.17, 15) is 14.9 Å². The largest absolute Gasteiger partial charge is 0.467 e. The Morgan fingerprint density at radius 1 is 1.46 bits per heavy atom. The second-order valence-corrected chi connectivity index (χ2v) is 4.91. The van der Waals surface area contributed by atoms with Gasteiger partial charge in [-0.1, -0.05) is 11.6 Å². The molecule has 2 rings (SSSR count). The zero-order valence-corrected chi connectivity index (χ0v) is 12.9. The quantitative estimate of drug-likeness (QED) is 0.359. The van der Waals surface area contributed by atoms with Gasteiger partial charge in [-0.2, -0.15) is 5.26 Å². The van der Waals surface area contributed by atoms with E-state index in [2.05, 4.69) is 10.6 Å². The Balaban J connectivity index is 2.05. The number of nitrogens with zero attached hydrogens (tertiary/aromatic N) is 2. The third-order valence-electron chi connectivity index (χ3n) is 2.89. The van der Waals surface area contributed by atoms with Gasteiger partial charge in [0, 0.05) is 18.0 Å². The summed E-state index contributed by atoms with van der Waals surface area (Å²) in [4.78, 5) is 22.1. The highest BCUT2D eigenvalue weighted by Gasteiger charge is 2.13. The van der Waals surface area contributed by atoms with Crippen LogP contribution < -0.4 is 10.6 Å². The summed E-state index contributed by atoms with van der Waals surface area (Å²) in [6.07, 6.45) is 2.63. The highest BCUT2D eigenvalue weighted by atomic mass is 35.5. The summed E-state index contributed by atoms with van der Waals surface area (Å²) in [6, 6.07) is 9.14. The summed E-state index contributed by atoms with van der Waals surface area (Å²) < 4.78 is 5.06. The molecule has 9 heteroatoms. The molecule has 0 bridgehead atoms. The van der Waals surface area contributed by atoms with Gasteiger partial charge in [-0.05, 0) is 24.3 Å². The molecule has 0 aliphatic heterocycles. The number of nitrogens with one attached hydrogen (secondary N) is 2. The Hall–Kier alpha value is -3.31. The van der Waals surface area contributed by atoms with Crippen molar-refractivity contribution in [3.8, 4) is 6.07 Å². The number of amides is 1. The van der Waals surface area contributed by atoms with Gasteiger partial charge in [-0.15, -0.1) is 0 Å². The predicted octanol–water partition coefficient (Wildman–Crippen LogP) is 2.98. The maximum Gasteiger partial charge on any atom is 0.289 e. The molecular formula is C15H11ClN4O4. The molecule has 1 aromatic carbocycles. The molecule has 1 heterocycles. The van der Waals surface area contributed by atoms with Crippen molar-refractivity contribution >= 4 is 28.9 Å². The van der Waals surface area contributed by atoms with Crippen LogP contribution in [0.4, 0.5) is 11.4 Å². The van der Waals surface area contributed by atoms with Gasteiger partial charge >= 0.3 is 0 Å². The Morgan fingerprint density at radius 2 is 2.25 bits per heavy atom. The van der Waals surface area contributed by atoms with Gasteiger partial charge in [0.1, 0.15) is 22.4 Å². The molecule has 2 aromatic rings. The molecule has 24 heavy (non-hydrogen) atoms. The van der Waals surface area contributed by atoms with E-state index in [1.54, 1.807) is 18.2 Å². The molecule has 0 radical (unpaired) electrons. The smallest absolute Gasteiger partial charge is 0.289 e. The number of hydrogen-bond donors (Lipinski definition) is 2. The number of nitro groups is 1. The van der Waals surface area contributed by atoms with Crippen LogP contribution in [-0.2, 0) is 11.3 Å². The van der Waals surface area contributed by atoms with E-state index in [1.807, 2.05) is 0 Å². The third kappa shape index (κ3) is 4.34. The fourth-order valence-electron chi connectivity index (χ4n) is 1.72. The monoisotopic (exact) mass is 346 g/mol. The topological polar surface area (TPSA) is 121 Å². The van der Waals surface area contributed by atoms with Crippen molar-refractivity contribution in [1.82, 2.24) is 5.32 Å². The number of hydrogen-bond acceptors (Lipinski definition) is 6. The van der Waals surface area contributed by atoms with Crippen LogP contribution >= 0.6 is 11.6 Å². The van der Waals surface area contributed by atoms with Crippen LogP contribution in [0.3, 0.4) is 0 Å². The first-order valence-corrected chi connectivity index (χ1v) is 7.00. The number of benzene rings is 1. The van der Waals surface area contributed by atoms with Crippen molar-refractivity contribution in [1.29, 1.82) is 5.26 Å². The molecule has 122 valence electrons. The van der Waals surface area contributed by atoms with Crippen molar-refractivity contribution in [3.05, 3.63) is 69.3 Å². The number of rotatable bonds is 6. The lowest BCUT2D eigenvalue weighted by Crippen LogP contribution is -2.24. The molecule has 1 aromatic heterocycles. The second-order valence-electron chi connectivity index (χ2n) is 4.50. The number of nitro benzene ring substituents is 1. The van der Waals surface area contributed by atoms with Gasteiger partial charge in [0.15, 0.2) is 0 Å². The maximum atomic E-state index is 11.9. The summed E-state index contributed by atoms with van der Waals surface area (Å²) in [6.45, 7) is 0.136. The highest BCUT2D eigenvalue weighted by molar-refractivity contribution is 6.32. The molecule has 0 spiro atoms. The molecule has 2 N–H and O–H groups in total. The third-order valence-corrected chi connectivity index (χ3v) is 3.21. The minimum Gasteiger partial charge on any atom is -0.467 e. The summed E-state index contributed by atoms with van der Waals surface area (Å²) in [5.41, 5.74) is -0.160. The zero-order chi connectivity index (χ0) is 17.5. The number of carbonyl (C=O) groups excluding carboxylic acids is 1. The van der Waals surface area contributed by atoms with Gasteiger partial charge in [0.25, 0.3) is 11.6 Å². The van der Waals surface area contributed by atoms with Gasteiger partial charge in [-0.25, -0.2) is 0 Å². The van der Waals surface area contributed by atoms with E-state index in [0.717, 1.165) is 6.20 Å². The van der Waals surface area contributed by atoms with E-state index in [0.29, 0.717) is 11.4 Å². The fourth-order valence-corrected chi connectivity index (χ4v) is 1.91. The van der Waals surface area contributed by atoms with Crippen LogP contribution in [0.25, 0.3) is 0 Å². The SMILES string of the molecule is N#C/C(=C/Nc1ccc(Cl)c([N+](=O)[O-])c1)C(=O)NCc1ccco1.